The fourth-order valence-corrected chi connectivity index (χ4v) is 3.09. The third-order valence-electron chi connectivity index (χ3n) is 2.90. The Bertz CT molecular complexity index is 810. The van der Waals surface area contributed by atoms with Gasteiger partial charge in [-0.1, -0.05) is 6.07 Å². The van der Waals surface area contributed by atoms with E-state index in [0.717, 1.165) is 22.1 Å². The van der Waals surface area contributed by atoms with Crippen LogP contribution in [-0.2, 0) is 0 Å². The lowest BCUT2D eigenvalue weighted by Crippen LogP contribution is -2.02. The van der Waals surface area contributed by atoms with E-state index in [1.54, 1.807) is 24.0 Å². The van der Waals surface area contributed by atoms with Gasteiger partial charge in [-0.3, -0.25) is 4.79 Å². The van der Waals surface area contributed by atoms with Gasteiger partial charge in [0.05, 0.1) is 5.69 Å². The molecule has 6 heteroatoms. The Morgan fingerprint density at radius 2 is 2.19 bits per heavy atom. The zero-order valence-electron chi connectivity index (χ0n) is 11.3. The molecule has 0 saturated heterocycles. The molecule has 3 rings (SSSR count). The summed E-state index contributed by atoms with van der Waals surface area (Å²) in [5, 5.41) is 6.04. The number of rotatable bonds is 4. The number of nitrogens with one attached hydrogen (secondary N) is 2. The first-order chi connectivity index (χ1) is 10.2. The summed E-state index contributed by atoms with van der Waals surface area (Å²) in [5.74, 6) is 0. The van der Waals surface area contributed by atoms with Crippen LogP contribution in [0.25, 0.3) is 11.3 Å². The summed E-state index contributed by atoms with van der Waals surface area (Å²) < 4.78 is 0. The molecule has 4 nitrogen and oxygen atoms in total. The first kappa shape index (κ1) is 13.9. The Morgan fingerprint density at radius 3 is 3.00 bits per heavy atom. The van der Waals surface area contributed by atoms with Gasteiger partial charge in [-0.25, -0.2) is 4.98 Å². The van der Waals surface area contributed by atoms with Crippen molar-refractivity contribution in [3.63, 3.8) is 0 Å². The molecule has 0 saturated carbocycles. The molecule has 106 valence electrons. The Balaban J connectivity index is 1.83. The van der Waals surface area contributed by atoms with Crippen LogP contribution in [0.3, 0.4) is 0 Å². The molecule has 0 aliphatic heterocycles. The molecule has 3 aromatic rings. The van der Waals surface area contributed by atoms with Crippen molar-refractivity contribution >= 4 is 33.9 Å². The van der Waals surface area contributed by atoms with Crippen molar-refractivity contribution in [1.82, 2.24) is 9.97 Å². The molecule has 0 fully saturated rings. The predicted octanol–water partition coefficient (Wildman–Crippen LogP) is 3.96. The summed E-state index contributed by atoms with van der Waals surface area (Å²) in [7, 11) is 0. The van der Waals surface area contributed by atoms with E-state index in [0.29, 0.717) is 0 Å². The van der Waals surface area contributed by atoms with Crippen molar-refractivity contribution < 1.29 is 0 Å². The standard InChI is InChI=1S/C15H13N3OS2/c1-20-12-4-2-3-11(8-12)17-15-18-13(9-21-15)10-5-6-16-14(19)7-10/h2-9H,1H3,(H,16,19)(H,17,18). The number of aromatic amines is 1. The second-order valence-electron chi connectivity index (χ2n) is 4.34. The number of hydrogen-bond acceptors (Lipinski definition) is 5. The van der Waals surface area contributed by atoms with E-state index in [2.05, 4.69) is 27.4 Å². The van der Waals surface area contributed by atoms with Crippen LogP contribution in [0.2, 0.25) is 0 Å². The summed E-state index contributed by atoms with van der Waals surface area (Å²) in [6.07, 6.45) is 3.68. The number of nitrogens with zero attached hydrogens (tertiary/aromatic N) is 1. The SMILES string of the molecule is CSc1cccc(Nc2nc(-c3cc[nH]c(=O)c3)cs2)c1. The Labute approximate surface area is 130 Å². The molecule has 0 amide bonds. The maximum atomic E-state index is 11.3. The van der Waals surface area contributed by atoms with Gasteiger partial charge in [0.15, 0.2) is 5.13 Å². The van der Waals surface area contributed by atoms with Gasteiger partial charge < -0.3 is 10.3 Å². The van der Waals surface area contributed by atoms with Crippen molar-refractivity contribution in [3.05, 3.63) is 58.3 Å². The fourth-order valence-electron chi connectivity index (χ4n) is 1.89. The van der Waals surface area contributed by atoms with Crippen LogP contribution < -0.4 is 10.9 Å². The summed E-state index contributed by atoms with van der Waals surface area (Å²) in [4.78, 5) is 19.7. The van der Waals surface area contributed by atoms with E-state index in [1.807, 2.05) is 29.8 Å². The quantitative estimate of drug-likeness (QED) is 0.715. The first-order valence-electron chi connectivity index (χ1n) is 6.30. The molecule has 2 aromatic heterocycles. The van der Waals surface area contributed by atoms with Gasteiger partial charge in [0.2, 0.25) is 5.56 Å². The molecule has 0 radical (unpaired) electrons. The molecule has 2 N–H and O–H groups in total. The second-order valence-corrected chi connectivity index (χ2v) is 6.07. The minimum Gasteiger partial charge on any atom is -0.332 e. The van der Waals surface area contributed by atoms with Crippen LogP contribution in [-0.4, -0.2) is 16.2 Å². The first-order valence-corrected chi connectivity index (χ1v) is 8.41. The average Bonchev–Trinajstić information content (AvgIpc) is 2.96. The molecule has 21 heavy (non-hydrogen) atoms. The Kier molecular flexibility index (Phi) is 4.08. The van der Waals surface area contributed by atoms with Crippen LogP contribution >= 0.6 is 23.1 Å². The van der Waals surface area contributed by atoms with E-state index in [9.17, 15) is 4.79 Å². The van der Waals surface area contributed by atoms with E-state index in [1.165, 1.54) is 16.2 Å². The minimum atomic E-state index is -0.123. The molecule has 0 spiro atoms. The third-order valence-corrected chi connectivity index (χ3v) is 4.38. The van der Waals surface area contributed by atoms with Crippen LogP contribution in [0.1, 0.15) is 0 Å². The average molecular weight is 315 g/mol. The summed E-state index contributed by atoms with van der Waals surface area (Å²) in [5.41, 5.74) is 2.51. The van der Waals surface area contributed by atoms with Crippen LogP contribution in [0.5, 0.6) is 0 Å². The highest BCUT2D eigenvalue weighted by Gasteiger charge is 2.05. The Morgan fingerprint density at radius 1 is 1.29 bits per heavy atom. The minimum absolute atomic E-state index is 0.123. The fraction of sp³-hybridized carbons (Fsp3) is 0.0667. The van der Waals surface area contributed by atoms with Crippen LogP contribution in [0.15, 0.2) is 57.7 Å². The van der Waals surface area contributed by atoms with E-state index >= 15 is 0 Å². The highest BCUT2D eigenvalue weighted by Crippen LogP contribution is 2.27. The van der Waals surface area contributed by atoms with Gasteiger partial charge in [0.25, 0.3) is 0 Å². The van der Waals surface area contributed by atoms with Gasteiger partial charge >= 0.3 is 0 Å². The number of thiazole rings is 1. The van der Waals surface area contributed by atoms with Crippen molar-refractivity contribution in [3.8, 4) is 11.3 Å². The summed E-state index contributed by atoms with van der Waals surface area (Å²) >= 11 is 3.22. The maximum absolute atomic E-state index is 11.3. The van der Waals surface area contributed by atoms with Gasteiger partial charge in [0.1, 0.15) is 0 Å². The normalized spacial score (nSPS) is 10.5. The highest BCUT2D eigenvalue weighted by molar-refractivity contribution is 7.98. The van der Waals surface area contributed by atoms with Crippen molar-refractivity contribution in [2.75, 3.05) is 11.6 Å². The van der Waals surface area contributed by atoms with E-state index < -0.39 is 0 Å². The van der Waals surface area contributed by atoms with Gasteiger partial charge in [-0.15, -0.1) is 23.1 Å². The predicted molar refractivity (Wildman–Crippen MR) is 89.7 cm³/mol. The lowest BCUT2D eigenvalue weighted by atomic mass is 10.2. The highest BCUT2D eigenvalue weighted by atomic mass is 32.2. The number of aromatic nitrogens is 2. The van der Waals surface area contributed by atoms with Gasteiger partial charge in [-0.05, 0) is 30.5 Å². The molecular weight excluding hydrogens is 302 g/mol. The molecule has 0 atom stereocenters. The molecule has 0 aliphatic carbocycles. The zero-order valence-corrected chi connectivity index (χ0v) is 12.9. The molecular formula is C15H13N3OS2. The number of thioether (sulfide) groups is 1. The number of anilines is 2. The van der Waals surface area contributed by atoms with Crippen molar-refractivity contribution in [1.29, 1.82) is 0 Å². The number of H-pyrrole nitrogens is 1. The number of hydrogen-bond donors (Lipinski definition) is 2. The largest absolute Gasteiger partial charge is 0.332 e. The van der Waals surface area contributed by atoms with E-state index in [-0.39, 0.29) is 5.56 Å². The van der Waals surface area contributed by atoms with Gasteiger partial charge in [-0.2, -0.15) is 0 Å². The molecule has 0 aliphatic rings. The summed E-state index contributed by atoms with van der Waals surface area (Å²) in [6.45, 7) is 0. The maximum Gasteiger partial charge on any atom is 0.248 e. The topological polar surface area (TPSA) is 57.8 Å². The smallest absolute Gasteiger partial charge is 0.248 e. The molecule has 0 bridgehead atoms. The lowest BCUT2D eigenvalue weighted by molar-refractivity contribution is 1.23. The van der Waals surface area contributed by atoms with Crippen molar-refractivity contribution in [2.24, 2.45) is 0 Å². The molecule has 0 unspecified atom stereocenters. The van der Waals surface area contributed by atoms with Crippen LogP contribution in [0.4, 0.5) is 10.8 Å². The third kappa shape index (κ3) is 3.34. The van der Waals surface area contributed by atoms with E-state index in [4.69, 9.17) is 0 Å². The Hall–Kier alpha value is -2.05. The number of pyridine rings is 1. The zero-order chi connectivity index (χ0) is 14.7. The summed E-state index contributed by atoms with van der Waals surface area (Å²) in [6, 6.07) is 11.6. The van der Waals surface area contributed by atoms with Crippen LogP contribution in [0, 0.1) is 0 Å². The number of benzene rings is 1. The molecule has 1 aromatic carbocycles. The lowest BCUT2D eigenvalue weighted by Gasteiger charge is -2.04. The van der Waals surface area contributed by atoms with Gasteiger partial charge in [0, 0.05) is 33.8 Å². The molecule has 2 heterocycles. The monoisotopic (exact) mass is 315 g/mol. The van der Waals surface area contributed by atoms with Crippen molar-refractivity contribution in [2.45, 2.75) is 4.90 Å². The second kappa shape index (κ2) is 6.15.